The zero-order chi connectivity index (χ0) is 30.1. The molecule has 0 saturated carbocycles. The number of aromatic nitrogens is 1. The minimum absolute atomic E-state index is 0.0510. The summed E-state index contributed by atoms with van der Waals surface area (Å²) in [7, 11) is -4.57. The number of benzene rings is 1. The summed E-state index contributed by atoms with van der Waals surface area (Å²) >= 11 is 0.551. The quantitative estimate of drug-likeness (QED) is 0.0624. The molecule has 1 heterocycles. The lowest BCUT2D eigenvalue weighted by atomic mass is 10.1. The van der Waals surface area contributed by atoms with Gasteiger partial charge >= 0.3 is 18.1 Å². The molecule has 2 aromatic rings. The molecule has 1 aromatic heterocycles. The van der Waals surface area contributed by atoms with Crippen LogP contribution in [0.1, 0.15) is 24.6 Å². The molecule has 6 N–H and O–H groups in total. The highest BCUT2D eigenvalue weighted by Crippen LogP contribution is 2.28. The molecule has 0 saturated heterocycles. The van der Waals surface area contributed by atoms with Crippen molar-refractivity contribution in [2.24, 2.45) is 16.6 Å². The zero-order valence-electron chi connectivity index (χ0n) is 21.0. The van der Waals surface area contributed by atoms with Crippen molar-refractivity contribution >= 4 is 50.3 Å². The van der Waals surface area contributed by atoms with Crippen LogP contribution in [0, 0.1) is 6.92 Å². The number of alkyl halides is 3. The highest BCUT2D eigenvalue weighted by molar-refractivity contribution is 7.91. The number of aryl methyl sites for hydroxylation is 1. The molecule has 1 amide bonds. The topological polar surface area (TPSA) is 214 Å². The SMILES string of the molecule is CC(=O)Nc1nc(C)c(S(=O)(=O)N[C@@H](Cc2ccc(OCCCON=C(N)N)cc2)C(=O)OC(=O)C(F)(F)F)s1. The number of esters is 2. The predicted molar refractivity (Wildman–Crippen MR) is 134 cm³/mol. The van der Waals surface area contributed by atoms with Crippen molar-refractivity contribution in [2.45, 2.75) is 43.1 Å². The highest BCUT2D eigenvalue weighted by Gasteiger charge is 2.44. The van der Waals surface area contributed by atoms with Gasteiger partial charge in [-0.05, 0) is 36.2 Å². The third-order valence-electron chi connectivity index (χ3n) is 4.47. The number of carbonyl (C=O) groups excluding carboxylic acids is 3. The summed E-state index contributed by atoms with van der Waals surface area (Å²) in [4.78, 5) is 43.7. The molecule has 0 fully saturated rings. The number of nitrogens with one attached hydrogen (secondary N) is 2. The van der Waals surface area contributed by atoms with Crippen molar-refractivity contribution in [1.82, 2.24) is 9.71 Å². The molecule has 2 rings (SSSR count). The highest BCUT2D eigenvalue weighted by atomic mass is 32.2. The molecule has 14 nitrogen and oxygen atoms in total. The van der Waals surface area contributed by atoms with Crippen LogP contribution in [0.15, 0.2) is 33.6 Å². The number of nitrogens with zero attached hydrogens (tertiary/aromatic N) is 2. The molecule has 19 heteroatoms. The average molecular weight is 611 g/mol. The molecule has 40 heavy (non-hydrogen) atoms. The maximum absolute atomic E-state index is 13.0. The standard InChI is InChI=1S/C21H25F3N6O8S2/c1-11-17(39-20(27-11)28-12(2)31)40(34,35)30-15(16(32)38-18(33)21(22,23)24)10-13-4-6-14(7-5-13)36-8-3-9-37-29-19(25)26/h4-7,15,30H,3,8-10H2,1-2H3,(H4,25,26,29)(H,27,28,31)/t15-/m0/s1. The second-order valence-corrected chi connectivity index (χ2v) is 10.8. The van der Waals surface area contributed by atoms with E-state index in [0.29, 0.717) is 23.5 Å². The van der Waals surface area contributed by atoms with E-state index < -0.39 is 50.7 Å². The van der Waals surface area contributed by atoms with Gasteiger partial charge in [-0.1, -0.05) is 23.5 Å². The Morgan fingerprint density at radius 3 is 2.38 bits per heavy atom. The van der Waals surface area contributed by atoms with Crippen LogP contribution in [0.25, 0.3) is 0 Å². The van der Waals surface area contributed by atoms with Crippen LogP contribution in [0.4, 0.5) is 18.3 Å². The third kappa shape index (κ3) is 10.3. The molecular formula is C21H25F3N6O8S2. The Bertz CT molecular complexity index is 1340. The van der Waals surface area contributed by atoms with E-state index in [-0.39, 0.29) is 35.6 Å². The van der Waals surface area contributed by atoms with Crippen LogP contribution in [-0.2, 0) is 40.4 Å². The number of anilines is 1. The van der Waals surface area contributed by atoms with Crippen molar-refractivity contribution in [2.75, 3.05) is 18.5 Å². The molecule has 0 spiro atoms. The number of ether oxygens (including phenoxy) is 2. The second-order valence-electron chi connectivity index (χ2n) is 7.85. The Morgan fingerprint density at radius 2 is 1.80 bits per heavy atom. The van der Waals surface area contributed by atoms with E-state index in [9.17, 15) is 36.0 Å². The fourth-order valence-electron chi connectivity index (χ4n) is 2.86. The molecule has 0 aliphatic heterocycles. The van der Waals surface area contributed by atoms with E-state index in [1.165, 1.54) is 38.1 Å². The smallest absolute Gasteiger partial charge is 0.491 e. The van der Waals surface area contributed by atoms with Gasteiger partial charge in [-0.25, -0.2) is 23.0 Å². The zero-order valence-corrected chi connectivity index (χ0v) is 22.6. The van der Waals surface area contributed by atoms with E-state index >= 15 is 0 Å². The van der Waals surface area contributed by atoms with Crippen molar-refractivity contribution in [3.05, 3.63) is 35.5 Å². The number of sulfonamides is 1. The second kappa shape index (κ2) is 13.9. The van der Waals surface area contributed by atoms with Gasteiger partial charge in [0.1, 0.15) is 18.4 Å². The first-order valence-electron chi connectivity index (χ1n) is 11.1. The largest absolute Gasteiger partial charge is 0.493 e. The summed E-state index contributed by atoms with van der Waals surface area (Å²) in [6.07, 6.45) is -5.57. The summed E-state index contributed by atoms with van der Waals surface area (Å²) in [6.45, 7) is 2.86. The number of thiazole rings is 1. The summed E-state index contributed by atoms with van der Waals surface area (Å²) in [5, 5.41) is 5.59. The maximum atomic E-state index is 13.0. The van der Waals surface area contributed by atoms with E-state index in [0.717, 1.165) is 0 Å². The van der Waals surface area contributed by atoms with Crippen molar-refractivity contribution < 1.29 is 50.3 Å². The van der Waals surface area contributed by atoms with Gasteiger partial charge in [0.25, 0.3) is 10.0 Å². The lowest BCUT2D eigenvalue weighted by Gasteiger charge is -2.17. The number of amides is 1. The number of halogens is 3. The molecule has 1 aromatic carbocycles. The number of carbonyl (C=O) groups is 3. The van der Waals surface area contributed by atoms with E-state index in [1.54, 1.807) is 0 Å². The van der Waals surface area contributed by atoms with Crippen molar-refractivity contribution in [3.63, 3.8) is 0 Å². The fourth-order valence-corrected chi connectivity index (χ4v) is 5.52. The molecular weight excluding hydrogens is 585 g/mol. The Hall–Kier alpha value is -3.97. The van der Waals surface area contributed by atoms with Gasteiger partial charge in [-0.2, -0.15) is 17.9 Å². The fraction of sp³-hybridized carbons (Fsp3) is 0.381. The first-order valence-corrected chi connectivity index (χ1v) is 13.4. The molecule has 220 valence electrons. The minimum Gasteiger partial charge on any atom is -0.493 e. The van der Waals surface area contributed by atoms with E-state index in [2.05, 4.69) is 20.2 Å². The first kappa shape index (κ1) is 32.2. The monoisotopic (exact) mass is 610 g/mol. The van der Waals surface area contributed by atoms with Gasteiger partial charge in [0.2, 0.25) is 11.9 Å². The lowest BCUT2D eigenvalue weighted by molar-refractivity contribution is -0.202. The molecule has 0 unspecified atom stereocenters. The van der Waals surface area contributed by atoms with Crippen molar-refractivity contribution in [3.8, 4) is 5.75 Å². The molecule has 1 atom stereocenters. The minimum atomic E-state index is -5.49. The predicted octanol–water partition coefficient (Wildman–Crippen LogP) is 0.906. The van der Waals surface area contributed by atoms with Gasteiger partial charge in [-0.3, -0.25) is 4.79 Å². The number of hydrogen-bond acceptors (Lipinski definition) is 11. The number of nitrogens with two attached hydrogens (primary N) is 2. The number of guanidine groups is 1. The van der Waals surface area contributed by atoms with E-state index in [4.69, 9.17) is 21.0 Å². The Balaban J connectivity index is 2.18. The Kier molecular flexibility index (Phi) is 11.2. The number of rotatable bonds is 13. The van der Waals surface area contributed by atoms with Gasteiger partial charge in [0.05, 0.1) is 12.3 Å². The van der Waals surface area contributed by atoms with Gasteiger partial charge in [0.15, 0.2) is 9.34 Å². The van der Waals surface area contributed by atoms with Gasteiger partial charge in [-0.15, -0.1) is 0 Å². The third-order valence-corrected chi connectivity index (χ3v) is 7.62. The molecule has 0 aliphatic carbocycles. The number of oxime groups is 1. The van der Waals surface area contributed by atoms with Crippen LogP contribution < -0.4 is 26.2 Å². The van der Waals surface area contributed by atoms with Crippen LogP contribution in [-0.4, -0.2) is 62.6 Å². The lowest BCUT2D eigenvalue weighted by Crippen LogP contribution is -2.45. The summed E-state index contributed by atoms with van der Waals surface area (Å²) < 4.78 is 74.9. The van der Waals surface area contributed by atoms with E-state index in [1.807, 2.05) is 4.72 Å². The van der Waals surface area contributed by atoms with Crippen LogP contribution in [0.3, 0.4) is 0 Å². The Morgan fingerprint density at radius 1 is 1.15 bits per heavy atom. The average Bonchev–Trinajstić information content (AvgIpc) is 3.21. The van der Waals surface area contributed by atoms with Gasteiger partial charge in [0, 0.05) is 13.3 Å². The van der Waals surface area contributed by atoms with Crippen LogP contribution >= 0.6 is 11.3 Å². The van der Waals surface area contributed by atoms with Gasteiger partial charge < -0.3 is 31.1 Å². The summed E-state index contributed by atoms with van der Waals surface area (Å²) in [6, 6.07) is 3.85. The number of hydrogen-bond donors (Lipinski definition) is 4. The molecule has 0 bridgehead atoms. The Labute approximate surface area is 229 Å². The summed E-state index contributed by atoms with van der Waals surface area (Å²) in [5.41, 5.74) is 10.5. The van der Waals surface area contributed by atoms with Crippen molar-refractivity contribution in [1.29, 1.82) is 0 Å². The normalized spacial score (nSPS) is 12.2. The molecule has 0 aliphatic rings. The first-order chi connectivity index (χ1) is 18.6. The maximum Gasteiger partial charge on any atom is 0.491 e. The van der Waals surface area contributed by atoms with Crippen LogP contribution in [0.5, 0.6) is 5.75 Å². The van der Waals surface area contributed by atoms with Crippen LogP contribution in [0.2, 0.25) is 0 Å². The summed E-state index contributed by atoms with van der Waals surface area (Å²) in [5.74, 6) is -4.97. The molecule has 0 radical (unpaired) electrons.